The number of halogens is 3. The van der Waals surface area contributed by atoms with Crippen LogP contribution in [0.2, 0.25) is 0 Å². The Morgan fingerprint density at radius 3 is 2.73 bits per heavy atom. The molecule has 0 fully saturated rings. The number of nitro benzene ring substituents is 1. The van der Waals surface area contributed by atoms with Crippen LogP contribution in [-0.2, 0) is 24.4 Å². The average Bonchev–Trinajstić information content (AvgIpc) is 3.30. The number of carbonyl (C=O) groups excluding carboxylic acids is 1. The number of nitro groups is 1. The van der Waals surface area contributed by atoms with Crippen molar-refractivity contribution in [3.63, 3.8) is 0 Å². The molecule has 30 heavy (non-hydrogen) atoms. The topological polar surface area (TPSA) is 103 Å². The van der Waals surface area contributed by atoms with Crippen molar-refractivity contribution in [2.75, 3.05) is 11.1 Å². The van der Waals surface area contributed by atoms with E-state index in [4.69, 9.17) is 0 Å². The van der Waals surface area contributed by atoms with E-state index in [0.717, 1.165) is 28.8 Å². The van der Waals surface area contributed by atoms with E-state index in [0.29, 0.717) is 23.5 Å². The van der Waals surface area contributed by atoms with Gasteiger partial charge in [0.1, 0.15) is 5.82 Å². The van der Waals surface area contributed by atoms with Crippen LogP contribution in [0.5, 0.6) is 0 Å². The van der Waals surface area contributed by atoms with Crippen molar-refractivity contribution in [2.24, 2.45) is 7.05 Å². The minimum absolute atomic E-state index is 0.209. The number of thiophene rings is 1. The number of nitrogens with zero attached hydrogens (tertiary/aromatic N) is 4. The molecule has 0 aliphatic carbocycles. The third-order valence-corrected chi connectivity index (χ3v) is 5.86. The van der Waals surface area contributed by atoms with Crippen molar-refractivity contribution in [1.29, 1.82) is 0 Å². The zero-order chi connectivity index (χ0) is 21.9. The second-order valence-corrected chi connectivity index (χ2v) is 8.01. The Kier molecular flexibility index (Phi) is 6.41. The lowest BCUT2D eigenvalue weighted by atomic mass is 10.1. The molecule has 0 aliphatic rings. The van der Waals surface area contributed by atoms with Crippen LogP contribution in [0.4, 0.5) is 24.5 Å². The number of aromatic nitrogens is 3. The molecule has 0 bridgehead atoms. The molecule has 0 saturated carbocycles. The summed E-state index contributed by atoms with van der Waals surface area (Å²) in [5.74, 6) is -0.226. The summed E-state index contributed by atoms with van der Waals surface area (Å²) in [5.41, 5.74) is -2.55. The van der Waals surface area contributed by atoms with Crippen LogP contribution < -0.4 is 5.32 Å². The molecule has 0 spiro atoms. The molecule has 0 aliphatic heterocycles. The van der Waals surface area contributed by atoms with Crippen LogP contribution in [0, 0.1) is 10.1 Å². The number of anilines is 1. The zero-order valence-corrected chi connectivity index (χ0v) is 17.0. The van der Waals surface area contributed by atoms with Crippen LogP contribution in [0.15, 0.2) is 40.9 Å². The molecule has 1 N–H and O–H groups in total. The number of rotatable bonds is 7. The number of hydrogen-bond acceptors (Lipinski definition) is 7. The van der Waals surface area contributed by atoms with Gasteiger partial charge in [-0.3, -0.25) is 14.9 Å². The molecule has 13 heteroatoms. The number of nitrogens with one attached hydrogen (secondary N) is 1. The zero-order valence-electron chi connectivity index (χ0n) is 15.3. The SMILES string of the molecule is Cn1c(Cc2cccs2)nnc1SCC(=O)Nc1ccc([N+](=O)[O-])cc1C(F)(F)F. The van der Waals surface area contributed by atoms with E-state index in [2.05, 4.69) is 15.5 Å². The summed E-state index contributed by atoms with van der Waals surface area (Å²) >= 11 is 2.60. The predicted octanol–water partition coefficient (Wildman–Crippen LogP) is 4.13. The van der Waals surface area contributed by atoms with Gasteiger partial charge in [0.05, 0.1) is 21.9 Å². The number of thioether (sulfide) groups is 1. The minimum Gasteiger partial charge on any atom is -0.325 e. The molecule has 2 heterocycles. The first kappa shape index (κ1) is 21.8. The van der Waals surface area contributed by atoms with Crippen molar-refractivity contribution < 1.29 is 22.9 Å². The van der Waals surface area contributed by atoms with E-state index in [-0.39, 0.29) is 5.75 Å². The van der Waals surface area contributed by atoms with E-state index in [1.165, 1.54) is 0 Å². The van der Waals surface area contributed by atoms with Gasteiger partial charge in [-0.25, -0.2) is 0 Å². The van der Waals surface area contributed by atoms with Crippen molar-refractivity contribution >= 4 is 40.4 Å². The van der Waals surface area contributed by atoms with Gasteiger partial charge >= 0.3 is 6.18 Å². The van der Waals surface area contributed by atoms with Crippen LogP contribution in [0.1, 0.15) is 16.3 Å². The maximum Gasteiger partial charge on any atom is 0.418 e. The molecule has 0 radical (unpaired) electrons. The van der Waals surface area contributed by atoms with E-state index in [1.807, 2.05) is 17.5 Å². The van der Waals surface area contributed by atoms with Gasteiger partial charge in [-0.15, -0.1) is 21.5 Å². The largest absolute Gasteiger partial charge is 0.418 e. The smallest absolute Gasteiger partial charge is 0.325 e. The van der Waals surface area contributed by atoms with Gasteiger partial charge in [0.25, 0.3) is 5.69 Å². The predicted molar refractivity (Wildman–Crippen MR) is 106 cm³/mol. The molecule has 1 aromatic carbocycles. The molecule has 3 rings (SSSR count). The lowest BCUT2D eigenvalue weighted by Crippen LogP contribution is -2.18. The van der Waals surface area contributed by atoms with Crippen molar-refractivity contribution in [1.82, 2.24) is 14.8 Å². The van der Waals surface area contributed by atoms with Crippen molar-refractivity contribution in [3.8, 4) is 0 Å². The van der Waals surface area contributed by atoms with Crippen LogP contribution in [-0.4, -0.2) is 31.3 Å². The monoisotopic (exact) mass is 457 g/mol. The first-order chi connectivity index (χ1) is 14.1. The van der Waals surface area contributed by atoms with Gasteiger partial charge in [-0.2, -0.15) is 13.2 Å². The Morgan fingerprint density at radius 2 is 2.10 bits per heavy atom. The highest BCUT2D eigenvalue weighted by molar-refractivity contribution is 7.99. The summed E-state index contributed by atoms with van der Waals surface area (Å²) in [4.78, 5) is 23.1. The minimum atomic E-state index is -4.86. The van der Waals surface area contributed by atoms with E-state index in [1.54, 1.807) is 23.0 Å². The Labute approximate surface area is 176 Å². The van der Waals surface area contributed by atoms with Crippen LogP contribution in [0.25, 0.3) is 0 Å². The number of non-ortho nitro benzene ring substituents is 1. The molecule has 0 saturated heterocycles. The Bertz CT molecular complexity index is 1070. The highest BCUT2D eigenvalue weighted by Gasteiger charge is 2.35. The summed E-state index contributed by atoms with van der Waals surface area (Å²) in [6.07, 6.45) is -4.28. The van der Waals surface area contributed by atoms with E-state index >= 15 is 0 Å². The molecule has 3 aromatic rings. The Hall–Kier alpha value is -2.93. The maximum absolute atomic E-state index is 13.2. The molecule has 1 amide bonds. The number of amides is 1. The first-order valence-electron chi connectivity index (χ1n) is 8.34. The second-order valence-electron chi connectivity index (χ2n) is 6.04. The number of benzene rings is 1. The third kappa shape index (κ3) is 5.16. The lowest BCUT2D eigenvalue weighted by molar-refractivity contribution is -0.385. The number of alkyl halides is 3. The molecule has 8 nitrogen and oxygen atoms in total. The fraction of sp³-hybridized carbons (Fsp3) is 0.235. The standard InChI is InChI=1S/C17H14F3N5O3S2/c1-24-14(8-11-3-2-6-29-11)22-23-16(24)30-9-15(26)21-13-5-4-10(25(27)28)7-12(13)17(18,19)20/h2-7H,8-9H2,1H3,(H,21,26). The van der Waals surface area contributed by atoms with Crippen molar-refractivity contribution in [3.05, 3.63) is 62.1 Å². The number of carbonyl (C=O) groups is 1. The fourth-order valence-electron chi connectivity index (χ4n) is 2.50. The molecule has 0 unspecified atom stereocenters. The van der Waals surface area contributed by atoms with Gasteiger partial charge in [-0.1, -0.05) is 17.8 Å². The summed E-state index contributed by atoms with van der Waals surface area (Å²) in [5, 5.41) is 23.4. The van der Waals surface area contributed by atoms with Gasteiger partial charge in [0.15, 0.2) is 5.16 Å². The van der Waals surface area contributed by atoms with E-state index < -0.39 is 33.9 Å². The van der Waals surface area contributed by atoms with Gasteiger partial charge in [0, 0.05) is 30.5 Å². The Morgan fingerprint density at radius 1 is 1.33 bits per heavy atom. The number of hydrogen-bond donors (Lipinski definition) is 1. The molecule has 2 aromatic heterocycles. The summed E-state index contributed by atoms with van der Waals surface area (Å²) in [7, 11) is 1.74. The Balaban J connectivity index is 1.67. The molecule has 158 valence electrons. The lowest BCUT2D eigenvalue weighted by Gasteiger charge is -2.13. The normalized spacial score (nSPS) is 11.5. The molecular formula is C17H14F3N5O3S2. The van der Waals surface area contributed by atoms with Crippen LogP contribution >= 0.6 is 23.1 Å². The van der Waals surface area contributed by atoms with Crippen molar-refractivity contribution in [2.45, 2.75) is 17.8 Å². The summed E-state index contributed by atoms with van der Waals surface area (Å²) in [6.45, 7) is 0. The van der Waals surface area contributed by atoms with Gasteiger partial charge < -0.3 is 9.88 Å². The molecular weight excluding hydrogens is 443 g/mol. The third-order valence-electron chi connectivity index (χ3n) is 3.96. The maximum atomic E-state index is 13.2. The highest BCUT2D eigenvalue weighted by atomic mass is 32.2. The summed E-state index contributed by atoms with van der Waals surface area (Å²) in [6, 6.07) is 6.04. The average molecular weight is 457 g/mol. The summed E-state index contributed by atoms with van der Waals surface area (Å²) < 4.78 is 41.3. The van der Waals surface area contributed by atoms with Gasteiger partial charge in [0.2, 0.25) is 5.91 Å². The molecule has 0 atom stereocenters. The van der Waals surface area contributed by atoms with Crippen LogP contribution in [0.3, 0.4) is 0 Å². The first-order valence-corrected chi connectivity index (χ1v) is 10.2. The second kappa shape index (κ2) is 8.83. The quantitative estimate of drug-likeness (QED) is 0.325. The van der Waals surface area contributed by atoms with Gasteiger partial charge in [-0.05, 0) is 17.5 Å². The highest BCUT2D eigenvalue weighted by Crippen LogP contribution is 2.37. The van der Waals surface area contributed by atoms with E-state index in [9.17, 15) is 28.1 Å². The fourth-order valence-corrected chi connectivity index (χ4v) is 3.93.